The normalized spacial score (nSPS) is 9.38. The fourth-order valence-corrected chi connectivity index (χ4v) is 0.581. The molecule has 0 atom stereocenters. The van der Waals surface area contributed by atoms with Gasteiger partial charge in [-0.3, -0.25) is 6.08 Å². The van der Waals surface area contributed by atoms with Crippen LogP contribution in [0.5, 0.6) is 0 Å². The zero-order valence-corrected chi connectivity index (χ0v) is 19.7. The third kappa shape index (κ3) is 97.5. The first-order valence-corrected chi connectivity index (χ1v) is 8.24. The minimum atomic E-state index is 0. The molecule has 4 heteroatoms. The summed E-state index contributed by atoms with van der Waals surface area (Å²) in [4.78, 5) is 2.74. The third-order valence-corrected chi connectivity index (χ3v) is 1.03. The third-order valence-electron chi connectivity index (χ3n) is 1.03. The van der Waals surface area contributed by atoms with Crippen molar-refractivity contribution < 1.29 is 20.0 Å². The molecule has 0 spiro atoms. The molecular weight excluding hydrogens is 373 g/mol. The van der Waals surface area contributed by atoms with Crippen molar-refractivity contribution in [2.75, 3.05) is 0 Å². The van der Waals surface area contributed by atoms with Gasteiger partial charge in [0.2, 0.25) is 0 Å². The zero-order valence-electron chi connectivity index (χ0n) is 16.5. The number of allylic oxidation sites excluding steroid dienone is 4. The van der Waals surface area contributed by atoms with E-state index in [-0.39, 0.29) is 24.8 Å². The van der Waals surface area contributed by atoms with Crippen molar-refractivity contribution in [1.82, 2.24) is 4.98 Å². The van der Waals surface area contributed by atoms with Gasteiger partial charge in [0.1, 0.15) is 0 Å². The van der Waals surface area contributed by atoms with E-state index in [0.717, 1.165) is 6.42 Å². The van der Waals surface area contributed by atoms with Crippen molar-refractivity contribution in [1.29, 1.82) is 0 Å². The first kappa shape index (κ1) is 35.1. The van der Waals surface area contributed by atoms with Crippen molar-refractivity contribution in [3.05, 3.63) is 60.7 Å². The maximum absolute atomic E-state index is 2.99. The van der Waals surface area contributed by atoms with Crippen molar-refractivity contribution in [3.8, 4) is 0 Å². The van der Waals surface area contributed by atoms with Crippen LogP contribution >= 0.6 is 24.8 Å². The largest absolute Gasteiger partial charge is 0.484 e. The van der Waals surface area contributed by atoms with Crippen LogP contribution in [-0.4, -0.2) is 8.80 Å². The maximum atomic E-state index is 2.99. The minimum Gasteiger partial charge on any atom is -0.484 e. The monoisotopic (exact) mass is 407 g/mol. The summed E-state index contributed by atoms with van der Waals surface area (Å²) in [5, 5.41) is 0. The number of hydrogen-bond donors (Lipinski definition) is 1. The van der Waals surface area contributed by atoms with Gasteiger partial charge in [0.05, 0.1) is 0 Å². The standard InChI is InChI=1S/C5H5.C4H4N.2C4H9.C3H6.2ClH.Ti/c2*1-2-4-5-3-1;2*1-4(2)3;1-3-2;;;/h1-3H,4H2;1-3,5H;2*1-3H3;1-2H3;2*1H;/q4*-1;;;;. The van der Waals surface area contributed by atoms with Crippen LogP contribution in [0.15, 0.2) is 36.6 Å². The molecule has 0 radical (unpaired) electrons. The summed E-state index contributed by atoms with van der Waals surface area (Å²) in [7, 11) is 0. The van der Waals surface area contributed by atoms with E-state index in [2.05, 4.69) is 98.7 Å². The Labute approximate surface area is 175 Å². The summed E-state index contributed by atoms with van der Waals surface area (Å²) in [6, 6.07) is 3.71. The molecular formula is C20H35Cl2NTi-4. The van der Waals surface area contributed by atoms with Crippen molar-refractivity contribution in [2.45, 2.75) is 61.8 Å². The van der Waals surface area contributed by atoms with Gasteiger partial charge in [-0.1, -0.05) is 0 Å². The fourth-order valence-electron chi connectivity index (χ4n) is 0.581. The number of rotatable bonds is 0. The molecule has 1 N–H and O–H groups in total. The Balaban J connectivity index is -0.0000000618. The summed E-state index contributed by atoms with van der Waals surface area (Å²) in [6.07, 6.45) is 14.6. The molecule has 1 aliphatic rings. The van der Waals surface area contributed by atoms with Crippen LogP contribution in [0.4, 0.5) is 0 Å². The van der Waals surface area contributed by atoms with E-state index in [1.807, 2.05) is 30.5 Å². The summed E-state index contributed by atoms with van der Waals surface area (Å²) in [5.41, 5.74) is 0. The number of aromatic amines is 1. The number of nitrogens with one attached hydrogen (secondary N) is 1. The summed E-state index contributed by atoms with van der Waals surface area (Å²) in [5.74, 6) is 2.83. The second kappa shape index (κ2) is 30.8. The van der Waals surface area contributed by atoms with Gasteiger partial charge in [-0.05, 0) is 0 Å². The first-order chi connectivity index (χ1) is 10.2. The van der Waals surface area contributed by atoms with Crippen LogP contribution in [-0.2, 0) is 20.0 Å². The molecule has 142 valence electrons. The molecule has 1 aliphatic carbocycles. The van der Waals surface area contributed by atoms with Crippen molar-refractivity contribution in [3.63, 3.8) is 0 Å². The Morgan fingerprint density at radius 1 is 1.00 bits per heavy atom. The average Bonchev–Trinajstić information content (AvgIpc) is 3.06. The molecule has 1 nitrogen and oxygen atoms in total. The van der Waals surface area contributed by atoms with Crippen LogP contribution < -0.4 is 0 Å². The molecule has 0 saturated carbocycles. The SMILES string of the molecule is C[C-](C)C.C[C-](C)C.C[C](C)=[Ti].Cl.Cl.[C-]1=CC=CC1.[c-]1ccc[nH]1. The van der Waals surface area contributed by atoms with E-state index in [1.54, 1.807) is 0 Å². The smallest absolute Gasteiger partial charge is 0.108 e. The molecule has 0 saturated heterocycles. The van der Waals surface area contributed by atoms with Crippen molar-refractivity contribution >= 4 is 28.6 Å². The Hall–Kier alpha value is -0.0757. The van der Waals surface area contributed by atoms with E-state index in [9.17, 15) is 0 Å². The molecule has 0 amide bonds. The topological polar surface area (TPSA) is 15.8 Å². The number of aromatic nitrogens is 1. The van der Waals surface area contributed by atoms with Crippen LogP contribution in [0.3, 0.4) is 0 Å². The fraction of sp³-hybridized carbons (Fsp3) is 0.450. The molecule has 1 heterocycles. The molecule has 2 rings (SSSR count). The summed E-state index contributed by atoms with van der Waals surface area (Å²) >= 11 is 2.08. The quantitative estimate of drug-likeness (QED) is 0.353. The van der Waals surface area contributed by atoms with Gasteiger partial charge >= 0.3 is 37.6 Å². The van der Waals surface area contributed by atoms with Crippen LogP contribution in [0.2, 0.25) is 0 Å². The Bertz CT molecular complexity index is 313. The molecule has 0 bridgehead atoms. The van der Waals surface area contributed by atoms with Crippen LogP contribution in [0.25, 0.3) is 0 Å². The summed E-state index contributed by atoms with van der Waals surface area (Å²) < 4.78 is 1.42. The van der Waals surface area contributed by atoms with Gasteiger partial charge in [-0.15, -0.1) is 37.4 Å². The van der Waals surface area contributed by atoms with Crippen LogP contribution in [0.1, 0.15) is 61.8 Å². The Kier molecular flexibility index (Phi) is 45.0. The Morgan fingerprint density at radius 2 is 1.42 bits per heavy atom. The number of halogens is 2. The van der Waals surface area contributed by atoms with Gasteiger partial charge < -0.3 is 16.8 Å². The van der Waals surface area contributed by atoms with Crippen molar-refractivity contribution in [2.24, 2.45) is 0 Å². The van der Waals surface area contributed by atoms with Gasteiger partial charge in [0, 0.05) is 0 Å². The van der Waals surface area contributed by atoms with Gasteiger partial charge in [-0.25, -0.2) is 12.2 Å². The van der Waals surface area contributed by atoms with E-state index in [4.69, 9.17) is 0 Å². The number of hydrogen-bond acceptors (Lipinski definition) is 0. The molecule has 0 aliphatic heterocycles. The first-order valence-electron chi connectivity index (χ1n) is 7.46. The summed E-state index contributed by atoms with van der Waals surface area (Å²) in [6.45, 7) is 16.7. The molecule has 0 unspecified atom stereocenters. The molecule has 24 heavy (non-hydrogen) atoms. The second-order valence-electron chi connectivity index (χ2n) is 5.82. The van der Waals surface area contributed by atoms with Gasteiger partial charge in [0.15, 0.2) is 0 Å². The van der Waals surface area contributed by atoms with Gasteiger partial charge in [0.25, 0.3) is 0 Å². The van der Waals surface area contributed by atoms with E-state index in [1.165, 1.54) is 15.6 Å². The predicted molar refractivity (Wildman–Crippen MR) is 113 cm³/mol. The molecule has 1 aromatic rings. The van der Waals surface area contributed by atoms with E-state index >= 15 is 0 Å². The second-order valence-corrected chi connectivity index (χ2v) is 7.38. The molecule has 0 fully saturated rings. The van der Waals surface area contributed by atoms with E-state index in [0.29, 0.717) is 0 Å². The minimum absolute atomic E-state index is 0. The molecule has 0 aromatic carbocycles. The zero-order chi connectivity index (χ0) is 17.8. The van der Waals surface area contributed by atoms with Crippen LogP contribution in [0, 0.1) is 24.1 Å². The van der Waals surface area contributed by atoms with Gasteiger partial charge in [-0.2, -0.15) is 65.9 Å². The Morgan fingerprint density at radius 3 is 1.50 bits per heavy atom. The van der Waals surface area contributed by atoms with E-state index < -0.39 is 0 Å². The predicted octanol–water partition coefficient (Wildman–Crippen LogP) is 6.95. The number of H-pyrrole nitrogens is 1. The average molecular weight is 408 g/mol. The molecule has 1 aromatic heterocycles. The maximum Gasteiger partial charge on any atom is -0.108 e.